The number of hydrogen-bond acceptors (Lipinski definition) is 4. The van der Waals surface area contributed by atoms with Gasteiger partial charge in [0.1, 0.15) is 0 Å². The maximum absolute atomic E-state index is 11.9. The van der Waals surface area contributed by atoms with Crippen molar-refractivity contribution >= 4 is 21.4 Å². The molecule has 0 unspecified atom stereocenters. The van der Waals surface area contributed by atoms with Gasteiger partial charge in [0.25, 0.3) is 0 Å². The topological polar surface area (TPSA) is 89.3 Å². The van der Waals surface area contributed by atoms with Gasteiger partial charge in [-0.25, -0.2) is 8.42 Å². The molecule has 0 bridgehead atoms. The van der Waals surface area contributed by atoms with Gasteiger partial charge < -0.3 is 11.1 Å². The summed E-state index contributed by atoms with van der Waals surface area (Å²) in [5.41, 5.74) is 5.99. The first-order valence-electron chi connectivity index (χ1n) is 5.69. The van der Waals surface area contributed by atoms with Crippen LogP contribution < -0.4 is 11.1 Å². The second-order valence-electron chi connectivity index (χ2n) is 4.36. The van der Waals surface area contributed by atoms with Crippen molar-refractivity contribution in [1.82, 2.24) is 5.32 Å². The lowest BCUT2D eigenvalue weighted by atomic mass is 10.3. The van der Waals surface area contributed by atoms with Gasteiger partial charge in [-0.05, 0) is 38.1 Å². The third-order valence-electron chi connectivity index (χ3n) is 2.29. The van der Waals surface area contributed by atoms with Crippen LogP contribution in [0.3, 0.4) is 0 Å². The number of carbonyl (C=O) groups is 1. The summed E-state index contributed by atoms with van der Waals surface area (Å²) in [7, 11) is -3.42. The summed E-state index contributed by atoms with van der Waals surface area (Å²) < 4.78 is 23.8. The molecule has 3 N–H and O–H groups in total. The van der Waals surface area contributed by atoms with E-state index >= 15 is 0 Å². The molecule has 1 rings (SSSR count). The van der Waals surface area contributed by atoms with E-state index in [1.165, 1.54) is 24.3 Å². The molecular formula is C12H18N2O3S. The molecule has 0 heterocycles. The van der Waals surface area contributed by atoms with Gasteiger partial charge in [0.2, 0.25) is 5.91 Å². The maximum Gasteiger partial charge on any atom is 0.221 e. The molecule has 0 spiro atoms. The number of nitrogens with two attached hydrogens (primary N) is 1. The molecule has 0 aliphatic carbocycles. The molecule has 1 amide bonds. The Bertz CT molecular complexity index is 507. The molecule has 5 nitrogen and oxygen atoms in total. The summed E-state index contributed by atoms with van der Waals surface area (Å²) in [6.45, 7) is 3.65. The average molecular weight is 270 g/mol. The van der Waals surface area contributed by atoms with Gasteiger partial charge in [-0.2, -0.15) is 0 Å². The molecule has 0 aliphatic rings. The summed E-state index contributed by atoms with van der Waals surface area (Å²) in [6, 6.07) is 5.97. The summed E-state index contributed by atoms with van der Waals surface area (Å²) in [6.07, 6.45) is -0.0368. The SMILES string of the molecule is CC(C)NC(=O)CCS(=O)(=O)c1ccc(N)cc1. The Kier molecular flexibility index (Phi) is 4.72. The average Bonchev–Trinajstić information content (AvgIpc) is 2.26. The smallest absolute Gasteiger partial charge is 0.221 e. The molecule has 0 aliphatic heterocycles. The van der Waals surface area contributed by atoms with E-state index in [1.807, 2.05) is 13.8 Å². The van der Waals surface area contributed by atoms with Crippen molar-refractivity contribution in [1.29, 1.82) is 0 Å². The Morgan fingerprint density at radius 3 is 2.33 bits per heavy atom. The highest BCUT2D eigenvalue weighted by Gasteiger charge is 2.16. The Hall–Kier alpha value is -1.56. The summed E-state index contributed by atoms with van der Waals surface area (Å²) in [5, 5.41) is 2.65. The van der Waals surface area contributed by atoms with Crippen LogP contribution in [0.25, 0.3) is 0 Å². The minimum Gasteiger partial charge on any atom is -0.399 e. The first-order chi connectivity index (χ1) is 8.31. The van der Waals surface area contributed by atoms with Gasteiger partial charge >= 0.3 is 0 Å². The fourth-order valence-corrected chi connectivity index (χ4v) is 2.65. The Balaban J connectivity index is 2.66. The van der Waals surface area contributed by atoms with Gasteiger partial charge in [0, 0.05) is 18.2 Å². The van der Waals surface area contributed by atoms with Crippen molar-refractivity contribution in [2.75, 3.05) is 11.5 Å². The number of hydrogen-bond donors (Lipinski definition) is 2. The monoisotopic (exact) mass is 270 g/mol. The zero-order valence-corrected chi connectivity index (χ0v) is 11.3. The van der Waals surface area contributed by atoms with Crippen LogP contribution in [-0.2, 0) is 14.6 Å². The van der Waals surface area contributed by atoms with Crippen LogP contribution in [0.5, 0.6) is 0 Å². The van der Waals surface area contributed by atoms with Crippen LogP contribution in [0.15, 0.2) is 29.2 Å². The van der Waals surface area contributed by atoms with E-state index in [1.54, 1.807) is 0 Å². The molecule has 18 heavy (non-hydrogen) atoms. The normalized spacial score (nSPS) is 11.5. The van der Waals surface area contributed by atoms with E-state index in [4.69, 9.17) is 5.73 Å². The predicted octanol–water partition coefficient (Wildman–Crippen LogP) is 0.957. The molecule has 0 saturated heterocycles. The number of amides is 1. The minimum atomic E-state index is -3.42. The number of benzene rings is 1. The lowest BCUT2D eigenvalue weighted by Crippen LogP contribution is -2.31. The molecule has 0 saturated carbocycles. The molecule has 0 fully saturated rings. The van der Waals surface area contributed by atoms with E-state index in [-0.39, 0.29) is 29.0 Å². The summed E-state index contributed by atoms with van der Waals surface area (Å²) in [5.74, 6) is -0.459. The first-order valence-corrected chi connectivity index (χ1v) is 7.34. The van der Waals surface area contributed by atoms with Gasteiger partial charge in [0.05, 0.1) is 10.6 Å². The Morgan fingerprint density at radius 1 is 1.28 bits per heavy atom. The highest BCUT2D eigenvalue weighted by Crippen LogP contribution is 2.14. The van der Waals surface area contributed by atoms with Crippen LogP contribution in [0.2, 0.25) is 0 Å². The predicted molar refractivity (Wildman–Crippen MR) is 70.8 cm³/mol. The van der Waals surface area contributed by atoms with Crippen molar-refractivity contribution < 1.29 is 13.2 Å². The number of carbonyl (C=O) groups excluding carboxylic acids is 1. The van der Waals surface area contributed by atoms with Crippen LogP contribution in [0.1, 0.15) is 20.3 Å². The van der Waals surface area contributed by atoms with Crippen LogP contribution in [0, 0.1) is 0 Å². The second-order valence-corrected chi connectivity index (χ2v) is 6.47. The van der Waals surface area contributed by atoms with Crippen molar-refractivity contribution in [3.05, 3.63) is 24.3 Å². The minimum absolute atomic E-state index is 0.0109. The zero-order valence-electron chi connectivity index (χ0n) is 10.5. The van der Waals surface area contributed by atoms with E-state index in [9.17, 15) is 13.2 Å². The number of nitrogen functional groups attached to an aromatic ring is 1. The fourth-order valence-electron chi connectivity index (χ4n) is 1.41. The lowest BCUT2D eigenvalue weighted by Gasteiger charge is -2.08. The first kappa shape index (κ1) is 14.5. The highest BCUT2D eigenvalue weighted by atomic mass is 32.2. The summed E-state index contributed by atoms with van der Waals surface area (Å²) >= 11 is 0. The Morgan fingerprint density at radius 2 is 1.83 bits per heavy atom. The quantitative estimate of drug-likeness (QED) is 0.780. The van der Waals surface area contributed by atoms with Gasteiger partial charge in [-0.1, -0.05) is 0 Å². The van der Waals surface area contributed by atoms with E-state index in [0.29, 0.717) is 5.69 Å². The third-order valence-corrected chi connectivity index (χ3v) is 4.02. The molecule has 1 aromatic rings. The van der Waals surface area contributed by atoms with Crippen molar-refractivity contribution in [2.24, 2.45) is 0 Å². The molecular weight excluding hydrogens is 252 g/mol. The molecule has 6 heteroatoms. The largest absolute Gasteiger partial charge is 0.399 e. The van der Waals surface area contributed by atoms with Gasteiger partial charge in [-0.3, -0.25) is 4.79 Å². The van der Waals surface area contributed by atoms with E-state index in [2.05, 4.69) is 5.32 Å². The maximum atomic E-state index is 11.9. The number of anilines is 1. The van der Waals surface area contributed by atoms with Crippen LogP contribution in [0.4, 0.5) is 5.69 Å². The number of sulfone groups is 1. The van der Waals surface area contributed by atoms with Crippen LogP contribution >= 0.6 is 0 Å². The molecule has 1 aromatic carbocycles. The second kappa shape index (κ2) is 5.86. The molecule has 0 aromatic heterocycles. The summed E-state index contributed by atoms with van der Waals surface area (Å²) in [4.78, 5) is 11.6. The van der Waals surface area contributed by atoms with Crippen molar-refractivity contribution in [3.8, 4) is 0 Å². The van der Waals surface area contributed by atoms with Gasteiger partial charge in [-0.15, -0.1) is 0 Å². The van der Waals surface area contributed by atoms with Crippen LogP contribution in [-0.4, -0.2) is 26.1 Å². The standard InChI is InChI=1S/C12H18N2O3S/c1-9(2)14-12(15)7-8-18(16,17)11-5-3-10(13)4-6-11/h3-6,9H,7-8,13H2,1-2H3,(H,14,15). The molecule has 0 atom stereocenters. The highest BCUT2D eigenvalue weighted by molar-refractivity contribution is 7.91. The number of nitrogens with one attached hydrogen (secondary N) is 1. The molecule has 0 radical (unpaired) electrons. The molecule has 100 valence electrons. The number of rotatable bonds is 5. The van der Waals surface area contributed by atoms with Crippen molar-refractivity contribution in [3.63, 3.8) is 0 Å². The lowest BCUT2D eigenvalue weighted by molar-refractivity contribution is -0.121. The zero-order chi connectivity index (χ0) is 13.8. The van der Waals surface area contributed by atoms with Crippen molar-refractivity contribution in [2.45, 2.75) is 31.2 Å². The third kappa shape index (κ3) is 4.37. The van der Waals surface area contributed by atoms with E-state index in [0.717, 1.165) is 0 Å². The van der Waals surface area contributed by atoms with Gasteiger partial charge in [0.15, 0.2) is 9.84 Å². The fraction of sp³-hybridized carbons (Fsp3) is 0.417. The van der Waals surface area contributed by atoms with E-state index < -0.39 is 9.84 Å². The Labute approximate surface area is 107 Å².